The number of aromatic nitrogens is 2. The molecule has 0 aliphatic heterocycles. The predicted octanol–water partition coefficient (Wildman–Crippen LogP) is 3.35. The number of nitrogens with one attached hydrogen (secondary N) is 1. The molecule has 1 unspecified atom stereocenters. The smallest absolute Gasteiger partial charge is 0.282 e. The Balaban J connectivity index is 2.02. The number of carbonyl (C=O) groups excluding carboxylic acids is 2. The fourth-order valence-electron chi connectivity index (χ4n) is 2.88. The van der Waals surface area contributed by atoms with Crippen LogP contribution in [0.5, 0.6) is 0 Å². The van der Waals surface area contributed by atoms with Crippen molar-refractivity contribution in [2.75, 3.05) is 7.11 Å². The Hall–Kier alpha value is -3.03. The van der Waals surface area contributed by atoms with Gasteiger partial charge in [-0.15, -0.1) is 0 Å². The lowest BCUT2D eigenvalue weighted by molar-refractivity contribution is 0.0512. The molecule has 3 aromatic rings. The maximum atomic E-state index is 13.1. The first kappa shape index (κ1) is 19.7. The van der Waals surface area contributed by atoms with Gasteiger partial charge in [0, 0.05) is 18.4 Å². The number of rotatable bonds is 6. The number of aryl methyl sites for hydroxylation is 1. The summed E-state index contributed by atoms with van der Waals surface area (Å²) in [5.41, 5.74) is -0.149. The number of halogens is 2. The van der Waals surface area contributed by atoms with Crippen molar-refractivity contribution >= 4 is 23.2 Å². The lowest BCUT2D eigenvalue weighted by Gasteiger charge is -2.13. The number of hydrogen-bond donors (Lipinski definition) is 1. The van der Waals surface area contributed by atoms with E-state index in [2.05, 4.69) is 5.10 Å². The Morgan fingerprint density at radius 1 is 1.11 bits per heavy atom. The van der Waals surface area contributed by atoms with Gasteiger partial charge in [-0.2, -0.15) is 0 Å². The van der Waals surface area contributed by atoms with Gasteiger partial charge in [0.2, 0.25) is 11.6 Å². The van der Waals surface area contributed by atoms with Gasteiger partial charge >= 0.3 is 0 Å². The molecule has 0 aliphatic rings. The van der Waals surface area contributed by atoms with Gasteiger partial charge in [0.15, 0.2) is 6.10 Å². The number of nitrogens with zero attached hydrogens (tertiary/aromatic N) is 1. The van der Waals surface area contributed by atoms with Crippen molar-refractivity contribution in [3.63, 3.8) is 0 Å². The Labute approximate surface area is 164 Å². The molecule has 3 rings (SSSR count). The highest BCUT2D eigenvalue weighted by molar-refractivity contribution is 6.35. The summed E-state index contributed by atoms with van der Waals surface area (Å²) in [6, 6.07) is 11.4. The number of ether oxygens (including phenoxy) is 1. The monoisotopic (exact) mass is 402 g/mol. The van der Waals surface area contributed by atoms with Crippen LogP contribution in [-0.2, 0) is 4.74 Å². The second-order valence-corrected chi connectivity index (χ2v) is 6.46. The average molecular weight is 403 g/mol. The zero-order valence-electron chi connectivity index (χ0n) is 15.0. The summed E-state index contributed by atoms with van der Waals surface area (Å²) >= 11 is 6.04. The Morgan fingerprint density at radius 3 is 2.36 bits per heavy atom. The molecule has 2 aromatic carbocycles. The molecule has 6 nitrogen and oxygen atoms in total. The minimum absolute atomic E-state index is 0.122. The topological polar surface area (TPSA) is 81.2 Å². The predicted molar refractivity (Wildman–Crippen MR) is 102 cm³/mol. The molecule has 0 saturated carbocycles. The number of H-pyrrole nitrogens is 1. The summed E-state index contributed by atoms with van der Waals surface area (Å²) in [7, 11) is 1.21. The fourth-order valence-corrected chi connectivity index (χ4v) is 3.10. The van der Waals surface area contributed by atoms with Crippen LogP contribution in [0.4, 0.5) is 4.39 Å². The van der Waals surface area contributed by atoms with Crippen molar-refractivity contribution < 1.29 is 18.7 Å². The zero-order valence-corrected chi connectivity index (χ0v) is 15.8. The highest BCUT2D eigenvalue weighted by atomic mass is 35.5. The van der Waals surface area contributed by atoms with E-state index in [0.717, 1.165) is 4.68 Å². The first-order chi connectivity index (χ1) is 13.3. The summed E-state index contributed by atoms with van der Waals surface area (Å²) in [6.07, 6.45) is -1.52. The minimum atomic E-state index is -1.52. The maximum Gasteiger partial charge on any atom is 0.282 e. The lowest BCUT2D eigenvalue weighted by atomic mass is 9.99. The van der Waals surface area contributed by atoms with E-state index in [4.69, 9.17) is 16.3 Å². The van der Waals surface area contributed by atoms with E-state index in [-0.39, 0.29) is 21.8 Å². The van der Waals surface area contributed by atoms with E-state index in [0.29, 0.717) is 5.69 Å². The van der Waals surface area contributed by atoms with Gasteiger partial charge in [-0.1, -0.05) is 23.7 Å². The van der Waals surface area contributed by atoms with Gasteiger partial charge in [0.1, 0.15) is 11.4 Å². The van der Waals surface area contributed by atoms with Gasteiger partial charge in [0.25, 0.3) is 5.56 Å². The van der Waals surface area contributed by atoms with Crippen molar-refractivity contribution in [3.05, 3.63) is 86.5 Å². The maximum absolute atomic E-state index is 13.1. The molecule has 0 fully saturated rings. The van der Waals surface area contributed by atoms with E-state index < -0.39 is 29.0 Å². The highest BCUT2D eigenvalue weighted by Crippen LogP contribution is 2.20. The van der Waals surface area contributed by atoms with Crippen LogP contribution in [0, 0.1) is 12.7 Å². The minimum Gasteiger partial charge on any atom is -0.365 e. The first-order valence-corrected chi connectivity index (χ1v) is 8.66. The van der Waals surface area contributed by atoms with Crippen molar-refractivity contribution in [1.82, 2.24) is 9.78 Å². The van der Waals surface area contributed by atoms with Gasteiger partial charge in [0.05, 0.1) is 10.7 Å². The summed E-state index contributed by atoms with van der Waals surface area (Å²) in [4.78, 5) is 38.5. The number of benzene rings is 2. The number of methoxy groups -OCH3 is 1. The summed E-state index contributed by atoms with van der Waals surface area (Å²) in [6.45, 7) is 1.53. The summed E-state index contributed by atoms with van der Waals surface area (Å²) < 4.78 is 19.3. The largest absolute Gasteiger partial charge is 0.365 e. The molecule has 0 amide bonds. The van der Waals surface area contributed by atoms with E-state index >= 15 is 0 Å². The molecule has 0 bridgehead atoms. The van der Waals surface area contributed by atoms with Gasteiger partial charge < -0.3 is 4.74 Å². The van der Waals surface area contributed by atoms with Crippen LogP contribution in [-0.4, -0.2) is 34.6 Å². The molecule has 1 N–H and O–H groups in total. The lowest BCUT2D eigenvalue weighted by Crippen LogP contribution is -2.35. The van der Waals surface area contributed by atoms with Gasteiger partial charge in [-0.05, 0) is 43.3 Å². The van der Waals surface area contributed by atoms with Crippen LogP contribution in [0.1, 0.15) is 26.4 Å². The van der Waals surface area contributed by atoms with E-state index in [1.165, 1.54) is 50.4 Å². The standard InChI is InChI=1S/C20H16ClFN2O4/c1-11-16(20(27)24(23-11)13-9-7-12(22)8-10-13)18(26)19(28-2)17(25)14-5-3-4-6-15(14)21/h3-10,19,23H,1-2H3. The molecule has 0 spiro atoms. The second-order valence-electron chi connectivity index (χ2n) is 6.05. The van der Waals surface area contributed by atoms with Crippen molar-refractivity contribution in [2.24, 2.45) is 0 Å². The molecule has 0 saturated heterocycles. The normalized spacial score (nSPS) is 12.0. The molecule has 0 aliphatic carbocycles. The van der Waals surface area contributed by atoms with Crippen LogP contribution in [0.2, 0.25) is 5.02 Å². The second kappa shape index (κ2) is 7.92. The number of aromatic amines is 1. The molecule has 28 heavy (non-hydrogen) atoms. The van der Waals surface area contributed by atoms with Crippen LogP contribution >= 0.6 is 11.6 Å². The number of hydrogen-bond acceptors (Lipinski definition) is 4. The summed E-state index contributed by atoms with van der Waals surface area (Å²) in [5, 5.41) is 2.94. The average Bonchev–Trinajstić information content (AvgIpc) is 2.97. The molecular formula is C20H16ClFN2O4. The molecule has 144 valence electrons. The number of ketones is 2. The molecule has 8 heteroatoms. The van der Waals surface area contributed by atoms with Crippen LogP contribution < -0.4 is 5.56 Å². The summed E-state index contributed by atoms with van der Waals surface area (Å²) in [5.74, 6) is -1.89. The van der Waals surface area contributed by atoms with Crippen molar-refractivity contribution in [2.45, 2.75) is 13.0 Å². The van der Waals surface area contributed by atoms with E-state index in [1.54, 1.807) is 12.1 Å². The zero-order chi connectivity index (χ0) is 20.4. The van der Waals surface area contributed by atoms with Crippen molar-refractivity contribution in [3.8, 4) is 5.69 Å². The quantitative estimate of drug-likeness (QED) is 0.506. The highest BCUT2D eigenvalue weighted by Gasteiger charge is 2.33. The number of carbonyl (C=O) groups is 2. The molecule has 1 aromatic heterocycles. The van der Waals surface area contributed by atoms with Crippen molar-refractivity contribution in [1.29, 1.82) is 0 Å². The Kier molecular flexibility index (Phi) is 5.58. The fraction of sp³-hybridized carbons (Fsp3) is 0.150. The van der Waals surface area contributed by atoms with E-state index in [9.17, 15) is 18.8 Å². The molecule has 1 heterocycles. The van der Waals surface area contributed by atoms with Crippen LogP contribution in [0.3, 0.4) is 0 Å². The molecular weight excluding hydrogens is 387 g/mol. The van der Waals surface area contributed by atoms with Gasteiger partial charge in [-0.25, -0.2) is 9.07 Å². The Bertz CT molecular complexity index is 1100. The van der Waals surface area contributed by atoms with Crippen LogP contribution in [0.25, 0.3) is 5.69 Å². The molecule has 1 atom stereocenters. The number of Topliss-reactive ketones (excluding diaryl/α,β-unsaturated/α-hetero) is 2. The SMILES string of the molecule is COC(C(=O)c1ccccc1Cl)C(=O)c1c(C)[nH]n(-c2ccc(F)cc2)c1=O. The molecule has 0 radical (unpaired) electrons. The third kappa shape index (κ3) is 3.54. The Morgan fingerprint density at radius 2 is 1.75 bits per heavy atom. The third-order valence-electron chi connectivity index (χ3n) is 4.25. The van der Waals surface area contributed by atoms with Crippen LogP contribution in [0.15, 0.2) is 53.3 Å². The van der Waals surface area contributed by atoms with E-state index in [1.807, 2.05) is 0 Å². The van der Waals surface area contributed by atoms with Gasteiger partial charge in [-0.3, -0.25) is 19.5 Å². The first-order valence-electron chi connectivity index (χ1n) is 8.28. The third-order valence-corrected chi connectivity index (χ3v) is 4.58.